The van der Waals surface area contributed by atoms with Crippen molar-refractivity contribution in [1.82, 2.24) is 5.32 Å². The molecule has 0 atom stereocenters. The molecule has 0 aromatic heterocycles. The zero-order valence-electron chi connectivity index (χ0n) is 10.5. The first-order valence-corrected chi connectivity index (χ1v) is 6.22. The topological polar surface area (TPSA) is 49.3 Å². The van der Waals surface area contributed by atoms with Crippen LogP contribution in [-0.4, -0.2) is 24.2 Å². The van der Waals surface area contributed by atoms with Crippen molar-refractivity contribution in [3.8, 4) is 0 Å². The van der Waals surface area contributed by atoms with Crippen LogP contribution in [0.1, 0.15) is 35.2 Å². The fourth-order valence-corrected chi connectivity index (χ4v) is 2.13. The second-order valence-electron chi connectivity index (χ2n) is 5.12. The molecule has 4 heteroatoms. The highest BCUT2D eigenvalue weighted by Gasteiger charge is 2.41. The number of halogens is 1. The van der Waals surface area contributed by atoms with Gasteiger partial charge in [0, 0.05) is 18.7 Å². The Morgan fingerprint density at radius 2 is 2.22 bits per heavy atom. The first-order chi connectivity index (χ1) is 8.56. The van der Waals surface area contributed by atoms with Gasteiger partial charge in [-0.2, -0.15) is 0 Å². The minimum absolute atomic E-state index is 0.0750. The maximum absolute atomic E-state index is 13.1. The standard InChI is InChI=1S/C14H18FNO2/c1-10-2-3-11(15)8-12(10)13(18)16-9-14(4-5-14)6-7-17/h2-3,8,17H,4-7,9H2,1H3,(H,16,18). The van der Waals surface area contributed by atoms with E-state index in [1.54, 1.807) is 13.0 Å². The van der Waals surface area contributed by atoms with Gasteiger partial charge in [-0.1, -0.05) is 6.07 Å². The second-order valence-corrected chi connectivity index (χ2v) is 5.12. The summed E-state index contributed by atoms with van der Waals surface area (Å²) in [5.74, 6) is -0.640. The zero-order chi connectivity index (χ0) is 13.2. The highest BCUT2D eigenvalue weighted by atomic mass is 19.1. The first kappa shape index (κ1) is 13.0. The van der Waals surface area contributed by atoms with E-state index in [0.29, 0.717) is 12.1 Å². The van der Waals surface area contributed by atoms with Crippen molar-refractivity contribution in [3.05, 3.63) is 35.1 Å². The Kier molecular flexibility index (Phi) is 3.66. The van der Waals surface area contributed by atoms with Crippen LogP contribution < -0.4 is 5.32 Å². The van der Waals surface area contributed by atoms with E-state index in [4.69, 9.17) is 5.11 Å². The maximum Gasteiger partial charge on any atom is 0.251 e. The summed E-state index contributed by atoms with van der Waals surface area (Å²) < 4.78 is 13.1. The number of carbonyl (C=O) groups excluding carboxylic acids is 1. The molecule has 98 valence electrons. The summed E-state index contributed by atoms with van der Waals surface area (Å²) in [4.78, 5) is 12.0. The van der Waals surface area contributed by atoms with Crippen molar-refractivity contribution >= 4 is 5.91 Å². The molecule has 0 saturated heterocycles. The van der Waals surface area contributed by atoms with Crippen LogP contribution in [0.3, 0.4) is 0 Å². The van der Waals surface area contributed by atoms with E-state index in [2.05, 4.69) is 5.32 Å². The third-order valence-electron chi connectivity index (χ3n) is 3.67. The molecule has 0 radical (unpaired) electrons. The average molecular weight is 251 g/mol. The van der Waals surface area contributed by atoms with E-state index in [1.165, 1.54) is 12.1 Å². The molecule has 2 rings (SSSR count). The quantitative estimate of drug-likeness (QED) is 0.841. The number of rotatable bonds is 5. The molecule has 0 bridgehead atoms. The molecule has 0 spiro atoms. The molecule has 1 fully saturated rings. The van der Waals surface area contributed by atoms with E-state index < -0.39 is 5.82 Å². The molecule has 1 saturated carbocycles. The summed E-state index contributed by atoms with van der Waals surface area (Å²) in [6.07, 6.45) is 2.79. The van der Waals surface area contributed by atoms with Gasteiger partial charge in [-0.3, -0.25) is 4.79 Å². The van der Waals surface area contributed by atoms with E-state index in [-0.39, 0.29) is 17.9 Å². The Labute approximate surface area is 106 Å². The van der Waals surface area contributed by atoms with Crippen molar-refractivity contribution in [1.29, 1.82) is 0 Å². The summed E-state index contributed by atoms with van der Waals surface area (Å²) in [6.45, 7) is 2.49. The summed E-state index contributed by atoms with van der Waals surface area (Å²) in [7, 11) is 0. The Morgan fingerprint density at radius 3 is 2.83 bits per heavy atom. The lowest BCUT2D eigenvalue weighted by molar-refractivity contribution is 0.0939. The average Bonchev–Trinajstić information content (AvgIpc) is 3.10. The summed E-state index contributed by atoms with van der Waals surface area (Å²) >= 11 is 0. The van der Waals surface area contributed by atoms with E-state index in [9.17, 15) is 9.18 Å². The molecule has 0 unspecified atom stereocenters. The highest BCUT2D eigenvalue weighted by molar-refractivity contribution is 5.95. The third-order valence-corrected chi connectivity index (χ3v) is 3.67. The van der Waals surface area contributed by atoms with Crippen LogP contribution in [0, 0.1) is 18.2 Å². The number of carbonyl (C=O) groups is 1. The van der Waals surface area contributed by atoms with Gasteiger partial charge < -0.3 is 10.4 Å². The van der Waals surface area contributed by atoms with Gasteiger partial charge in [0.1, 0.15) is 5.82 Å². The Bertz CT molecular complexity index is 455. The van der Waals surface area contributed by atoms with E-state index >= 15 is 0 Å². The maximum atomic E-state index is 13.1. The van der Waals surface area contributed by atoms with Crippen LogP contribution in [0.25, 0.3) is 0 Å². The van der Waals surface area contributed by atoms with Gasteiger partial charge in [0.15, 0.2) is 0 Å². The molecule has 1 aromatic rings. The third kappa shape index (κ3) is 2.88. The molecule has 1 amide bonds. The lowest BCUT2D eigenvalue weighted by Crippen LogP contribution is -2.31. The van der Waals surface area contributed by atoms with Crippen LogP contribution in [0.15, 0.2) is 18.2 Å². The summed E-state index contributed by atoms with van der Waals surface area (Å²) in [5, 5.41) is 11.8. The number of benzene rings is 1. The van der Waals surface area contributed by atoms with Gasteiger partial charge in [-0.25, -0.2) is 4.39 Å². The SMILES string of the molecule is Cc1ccc(F)cc1C(=O)NCC1(CCO)CC1. The summed E-state index contributed by atoms with van der Waals surface area (Å²) in [6, 6.07) is 4.21. The minimum Gasteiger partial charge on any atom is -0.396 e. The number of aliphatic hydroxyl groups excluding tert-OH is 1. The predicted octanol–water partition coefficient (Wildman–Crippen LogP) is 2.03. The number of nitrogens with one attached hydrogen (secondary N) is 1. The molecule has 0 heterocycles. The Balaban J connectivity index is 1.98. The second kappa shape index (κ2) is 5.06. The molecule has 0 aliphatic heterocycles. The minimum atomic E-state index is -0.401. The fraction of sp³-hybridized carbons (Fsp3) is 0.500. The van der Waals surface area contributed by atoms with Gasteiger partial charge in [0.05, 0.1) is 0 Å². The van der Waals surface area contributed by atoms with Crippen molar-refractivity contribution in [2.75, 3.05) is 13.2 Å². The largest absolute Gasteiger partial charge is 0.396 e. The molecule has 2 N–H and O–H groups in total. The zero-order valence-corrected chi connectivity index (χ0v) is 10.5. The van der Waals surface area contributed by atoms with Crippen molar-refractivity contribution in [2.45, 2.75) is 26.2 Å². The highest BCUT2D eigenvalue weighted by Crippen LogP contribution is 2.47. The fourth-order valence-electron chi connectivity index (χ4n) is 2.13. The lowest BCUT2D eigenvalue weighted by Gasteiger charge is -2.15. The molecule has 18 heavy (non-hydrogen) atoms. The van der Waals surface area contributed by atoms with Crippen molar-refractivity contribution in [2.24, 2.45) is 5.41 Å². The van der Waals surface area contributed by atoms with Gasteiger partial charge in [-0.05, 0) is 49.3 Å². The van der Waals surface area contributed by atoms with Gasteiger partial charge in [0.2, 0.25) is 0 Å². The van der Waals surface area contributed by atoms with Gasteiger partial charge >= 0.3 is 0 Å². The van der Waals surface area contributed by atoms with Crippen molar-refractivity contribution in [3.63, 3.8) is 0 Å². The van der Waals surface area contributed by atoms with Gasteiger partial charge in [-0.15, -0.1) is 0 Å². The van der Waals surface area contributed by atoms with Crippen LogP contribution in [-0.2, 0) is 0 Å². The van der Waals surface area contributed by atoms with Crippen LogP contribution >= 0.6 is 0 Å². The Hall–Kier alpha value is -1.42. The summed E-state index contributed by atoms with van der Waals surface area (Å²) in [5.41, 5.74) is 1.22. The van der Waals surface area contributed by atoms with Gasteiger partial charge in [0.25, 0.3) is 5.91 Å². The number of aryl methyl sites for hydroxylation is 1. The normalized spacial score (nSPS) is 16.4. The van der Waals surface area contributed by atoms with Crippen LogP contribution in [0.4, 0.5) is 4.39 Å². The van der Waals surface area contributed by atoms with E-state index in [0.717, 1.165) is 24.8 Å². The monoisotopic (exact) mass is 251 g/mol. The smallest absolute Gasteiger partial charge is 0.251 e. The first-order valence-electron chi connectivity index (χ1n) is 6.22. The molecule has 1 aliphatic rings. The number of hydrogen-bond donors (Lipinski definition) is 2. The molecule has 1 aliphatic carbocycles. The molecule has 1 aromatic carbocycles. The number of aliphatic hydroxyl groups is 1. The van der Waals surface area contributed by atoms with E-state index in [1.807, 2.05) is 0 Å². The molecule has 3 nitrogen and oxygen atoms in total. The number of hydrogen-bond acceptors (Lipinski definition) is 2. The molecular formula is C14H18FNO2. The lowest BCUT2D eigenvalue weighted by atomic mass is 10.0. The van der Waals surface area contributed by atoms with Crippen LogP contribution in [0.5, 0.6) is 0 Å². The van der Waals surface area contributed by atoms with Crippen molar-refractivity contribution < 1.29 is 14.3 Å². The van der Waals surface area contributed by atoms with Crippen LogP contribution in [0.2, 0.25) is 0 Å². The number of amides is 1. The predicted molar refractivity (Wildman–Crippen MR) is 66.8 cm³/mol. The molecular weight excluding hydrogens is 233 g/mol. The Morgan fingerprint density at radius 1 is 1.50 bits per heavy atom.